The van der Waals surface area contributed by atoms with E-state index >= 15 is 0 Å². The first-order valence-electron chi connectivity index (χ1n) is 10.7. The Bertz CT molecular complexity index is 774. The second-order valence-electron chi connectivity index (χ2n) is 8.31. The fourth-order valence-corrected chi connectivity index (χ4v) is 3.71. The topological polar surface area (TPSA) is 62.3 Å². The van der Waals surface area contributed by atoms with Gasteiger partial charge in [0.25, 0.3) is 0 Å². The van der Waals surface area contributed by atoms with Crippen molar-refractivity contribution in [2.75, 3.05) is 50.0 Å². The predicted octanol–water partition coefficient (Wildman–Crippen LogP) is 4.52. The Morgan fingerprint density at radius 3 is 2.24 bits per heavy atom. The number of rotatable bonds is 8. The molecule has 1 aromatic carbocycles. The summed E-state index contributed by atoms with van der Waals surface area (Å²) in [7, 11) is 0. The van der Waals surface area contributed by atoms with E-state index in [2.05, 4.69) is 71.4 Å². The molecule has 0 spiro atoms. The summed E-state index contributed by atoms with van der Waals surface area (Å²) in [6.07, 6.45) is 0. The summed E-state index contributed by atoms with van der Waals surface area (Å²) in [5.41, 5.74) is 3.80. The minimum Gasteiger partial charge on any atom is -0.379 e. The average molecular weight is 398 g/mol. The molecule has 1 aliphatic heterocycles. The van der Waals surface area contributed by atoms with Gasteiger partial charge in [-0.1, -0.05) is 45.9 Å². The second-order valence-corrected chi connectivity index (χ2v) is 8.31. The number of nitrogens with one attached hydrogen (secondary N) is 2. The van der Waals surface area contributed by atoms with Gasteiger partial charge in [-0.2, -0.15) is 0 Å². The van der Waals surface area contributed by atoms with E-state index in [0.29, 0.717) is 11.8 Å². The van der Waals surface area contributed by atoms with Gasteiger partial charge in [0.05, 0.1) is 13.2 Å². The van der Waals surface area contributed by atoms with E-state index < -0.39 is 0 Å². The minimum absolute atomic E-state index is 0.435. The van der Waals surface area contributed by atoms with Crippen LogP contribution in [0.25, 0.3) is 0 Å². The van der Waals surface area contributed by atoms with E-state index in [1.54, 1.807) is 0 Å². The Hall–Kier alpha value is -2.18. The highest BCUT2D eigenvalue weighted by molar-refractivity contribution is 5.68. The lowest BCUT2D eigenvalue weighted by Gasteiger charge is -2.26. The summed E-state index contributed by atoms with van der Waals surface area (Å²) in [5, 5.41) is 7.07. The summed E-state index contributed by atoms with van der Waals surface area (Å²) in [5.74, 6) is 3.33. The van der Waals surface area contributed by atoms with Crippen LogP contribution in [-0.4, -0.2) is 54.3 Å². The van der Waals surface area contributed by atoms with Crippen LogP contribution in [-0.2, 0) is 4.74 Å². The molecule has 2 heterocycles. The van der Waals surface area contributed by atoms with Gasteiger partial charge in [-0.05, 0) is 29.9 Å². The standard InChI is InChI=1S/C23H35N5O/c1-16(2)19-7-6-8-20(17(3)4)23(19)27-22-15-21(25-18(5)26-22)24-9-10-28-11-13-29-14-12-28/h6-8,15-17H,9-14H2,1-5H3,(H2,24,25,26,27). The lowest BCUT2D eigenvalue weighted by Crippen LogP contribution is -2.39. The fourth-order valence-electron chi connectivity index (χ4n) is 3.71. The molecule has 6 nitrogen and oxygen atoms in total. The first-order chi connectivity index (χ1) is 13.9. The van der Waals surface area contributed by atoms with Gasteiger partial charge >= 0.3 is 0 Å². The van der Waals surface area contributed by atoms with Gasteiger partial charge in [0.1, 0.15) is 17.5 Å². The SMILES string of the molecule is Cc1nc(NCCN2CCOCC2)cc(Nc2c(C(C)C)cccc2C(C)C)n1. The average Bonchev–Trinajstić information content (AvgIpc) is 2.68. The van der Waals surface area contributed by atoms with Crippen LogP contribution < -0.4 is 10.6 Å². The molecule has 0 bridgehead atoms. The van der Waals surface area contributed by atoms with Gasteiger partial charge < -0.3 is 15.4 Å². The molecule has 0 saturated carbocycles. The van der Waals surface area contributed by atoms with Crippen molar-refractivity contribution in [3.63, 3.8) is 0 Å². The number of hydrogen-bond acceptors (Lipinski definition) is 6. The largest absolute Gasteiger partial charge is 0.379 e. The number of ether oxygens (including phenoxy) is 1. The number of morpholine rings is 1. The Morgan fingerprint density at radius 2 is 1.62 bits per heavy atom. The van der Waals surface area contributed by atoms with Gasteiger partial charge in [-0.3, -0.25) is 4.90 Å². The van der Waals surface area contributed by atoms with Gasteiger partial charge in [-0.25, -0.2) is 9.97 Å². The summed E-state index contributed by atoms with van der Waals surface area (Å²) in [6.45, 7) is 16.4. The molecule has 0 atom stereocenters. The Kier molecular flexibility index (Phi) is 7.45. The van der Waals surface area contributed by atoms with E-state index in [4.69, 9.17) is 4.74 Å². The molecule has 158 valence electrons. The highest BCUT2D eigenvalue weighted by Gasteiger charge is 2.15. The summed E-state index contributed by atoms with van der Waals surface area (Å²) >= 11 is 0. The first kappa shape index (κ1) is 21.5. The molecular formula is C23H35N5O. The summed E-state index contributed by atoms with van der Waals surface area (Å²) < 4.78 is 5.41. The maximum absolute atomic E-state index is 5.41. The Balaban J connectivity index is 1.75. The minimum atomic E-state index is 0.435. The van der Waals surface area contributed by atoms with Crippen LogP contribution in [0.4, 0.5) is 17.3 Å². The smallest absolute Gasteiger partial charge is 0.136 e. The van der Waals surface area contributed by atoms with Gasteiger partial charge in [0.15, 0.2) is 0 Å². The summed E-state index contributed by atoms with van der Waals surface area (Å²) in [4.78, 5) is 11.6. The van der Waals surface area contributed by atoms with E-state index in [1.165, 1.54) is 16.8 Å². The third-order valence-corrected chi connectivity index (χ3v) is 5.30. The Morgan fingerprint density at radius 1 is 1.00 bits per heavy atom. The molecule has 2 aromatic rings. The molecule has 1 fully saturated rings. The third-order valence-electron chi connectivity index (χ3n) is 5.30. The first-order valence-corrected chi connectivity index (χ1v) is 10.7. The van der Waals surface area contributed by atoms with Crippen molar-refractivity contribution in [3.8, 4) is 0 Å². The van der Waals surface area contributed by atoms with Crippen LogP contribution in [0.3, 0.4) is 0 Å². The van der Waals surface area contributed by atoms with Gasteiger partial charge in [-0.15, -0.1) is 0 Å². The van der Waals surface area contributed by atoms with Crippen molar-refractivity contribution in [1.82, 2.24) is 14.9 Å². The second kappa shape index (κ2) is 10.0. The number of benzene rings is 1. The molecule has 1 aliphatic rings. The van der Waals surface area contributed by atoms with Crippen LogP contribution in [0.15, 0.2) is 24.3 Å². The zero-order chi connectivity index (χ0) is 20.8. The summed E-state index contributed by atoms with van der Waals surface area (Å²) in [6, 6.07) is 8.57. The lowest BCUT2D eigenvalue weighted by atomic mass is 9.92. The Labute approximate surface area is 175 Å². The fraction of sp³-hybridized carbons (Fsp3) is 0.565. The van der Waals surface area contributed by atoms with Crippen LogP contribution in [0.2, 0.25) is 0 Å². The van der Waals surface area contributed by atoms with Crippen molar-refractivity contribution >= 4 is 17.3 Å². The molecule has 1 aromatic heterocycles. The zero-order valence-electron chi connectivity index (χ0n) is 18.5. The number of hydrogen-bond donors (Lipinski definition) is 2. The predicted molar refractivity (Wildman–Crippen MR) is 120 cm³/mol. The van der Waals surface area contributed by atoms with E-state index in [9.17, 15) is 0 Å². The van der Waals surface area contributed by atoms with Crippen LogP contribution in [0.5, 0.6) is 0 Å². The molecule has 3 rings (SSSR count). The zero-order valence-corrected chi connectivity index (χ0v) is 18.5. The van der Waals surface area contributed by atoms with E-state index in [1.807, 2.05) is 13.0 Å². The van der Waals surface area contributed by atoms with Crippen LogP contribution in [0.1, 0.15) is 56.5 Å². The number of para-hydroxylation sites is 1. The van der Waals surface area contributed by atoms with Gasteiger partial charge in [0.2, 0.25) is 0 Å². The number of nitrogens with zero attached hydrogens (tertiary/aromatic N) is 3. The van der Waals surface area contributed by atoms with Crippen molar-refractivity contribution in [1.29, 1.82) is 0 Å². The highest BCUT2D eigenvalue weighted by Crippen LogP contribution is 2.34. The molecule has 6 heteroatoms. The molecule has 1 saturated heterocycles. The quantitative estimate of drug-likeness (QED) is 0.683. The lowest BCUT2D eigenvalue weighted by molar-refractivity contribution is 0.0398. The van der Waals surface area contributed by atoms with Crippen LogP contribution in [0, 0.1) is 6.92 Å². The van der Waals surface area contributed by atoms with Crippen LogP contribution >= 0.6 is 0 Å². The number of aryl methyl sites for hydroxylation is 1. The third kappa shape index (κ3) is 5.90. The monoisotopic (exact) mass is 397 g/mol. The number of aromatic nitrogens is 2. The molecular weight excluding hydrogens is 362 g/mol. The van der Waals surface area contributed by atoms with Crippen molar-refractivity contribution in [2.24, 2.45) is 0 Å². The maximum atomic E-state index is 5.41. The molecule has 0 radical (unpaired) electrons. The van der Waals surface area contributed by atoms with Crippen molar-refractivity contribution in [3.05, 3.63) is 41.2 Å². The van der Waals surface area contributed by atoms with E-state index in [0.717, 1.165) is 56.9 Å². The molecule has 0 amide bonds. The normalized spacial score (nSPS) is 15.1. The highest BCUT2D eigenvalue weighted by atomic mass is 16.5. The van der Waals surface area contributed by atoms with E-state index in [-0.39, 0.29) is 0 Å². The molecule has 2 N–H and O–H groups in total. The molecule has 0 unspecified atom stereocenters. The van der Waals surface area contributed by atoms with Crippen molar-refractivity contribution < 1.29 is 4.74 Å². The maximum Gasteiger partial charge on any atom is 0.136 e. The molecule has 29 heavy (non-hydrogen) atoms. The van der Waals surface area contributed by atoms with Gasteiger partial charge in [0, 0.05) is 37.9 Å². The van der Waals surface area contributed by atoms with Crippen molar-refractivity contribution in [2.45, 2.75) is 46.5 Å². The molecule has 0 aliphatic carbocycles. The number of anilines is 3.